The maximum absolute atomic E-state index is 14.8. The van der Waals surface area contributed by atoms with Crippen LogP contribution in [-0.2, 0) is 5.54 Å². The molecule has 1 atom stereocenters. The fraction of sp³-hybridized carbons (Fsp3) is 0.250. The molecule has 1 aromatic heterocycles. The molecule has 0 fully saturated rings. The van der Waals surface area contributed by atoms with Crippen LogP contribution in [0.2, 0.25) is 0 Å². The minimum atomic E-state index is -1.36. The summed E-state index contributed by atoms with van der Waals surface area (Å²) in [5.74, 6) is 0.523. The largest absolute Gasteiger partial charge is 0.316 e. The molecule has 1 heterocycles. The van der Waals surface area contributed by atoms with Crippen LogP contribution in [0.5, 0.6) is 0 Å². The van der Waals surface area contributed by atoms with Gasteiger partial charge in [-0.25, -0.2) is 9.37 Å². The first-order valence-electron chi connectivity index (χ1n) is 10.8. The Morgan fingerprint density at radius 1 is 0.742 bits per heavy atom. The number of benzene rings is 3. The number of imidazole rings is 1. The van der Waals surface area contributed by atoms with Crippen LogP contribution in [0.4, 0.5) is 4.39 Å². The van der Waals surface area contributed by atoms with Crippen LogP contribution in [0.1, 0.15) is 54.9 Å². The second kappa shape index (κ2) is 8.14. The zero-order valence-electron chi connectivity index (χ0n) is 18.6. The van der Waals surface area contributed by atoms with Gasteiger partial charge in [0.1, 0.15) is 17.0 Å². The van der Waals surface area contributed by atoms with E-state index in [-0.39, 0.29) is 5.92 Å². The summed E-state index contributed by atoms with van der Waals surface area (Å²) in [6.45, 7) is 7.14. The lowest BCUT2D eigenvalue weighted by Crippen LogP contribution is -2.38. The number of rotatable bonds is 6. The second-order valence-corrected chi connectivity index (χ2v) is 8.68. The fourth-order valence-corrected chi connectivity index (χ4v) is 4.35. The van der Waals surface area contributed by atoms with E-state index in [9.17, 15) is 4.39 Å². The Kier molecular flexibility index (Phi) is 5.53. The Hall–Kier alpha value is -3.20. The van der Waals surface area contributed by atoms with E-state index >= 15 is 0 Å². The molecule has 0 bridgehead atoms. The smallest absolute Gasteiger partial charge is 0.121 e. The molecule has 4 rings (SSSR count). The van der Waals surface area contributed by atoms with Gasteiger partial charge in [0, 0.05) is 12.1 Å². The molecule has 0 aliphatic rings. The molecule has 3 heteroatoms. The summed E-state index contributed by atoms with van der Waals surface area (Å²) in [7, 11) is 0. The van der Waals surface area contributed by atoms with Gasteiger partial charge in [0.25, 0.3) is 0 Å². The highest BCUT2D eigenvalue weighted by atomic mass is 19.1. The van der Waals surface area contributed by atoms with Gasteiger partial charge in [-0.2, -0.15) is 0 Å². The first kappa shape index (κ1) is 21.0. The lowest BCUT2D eigenvalue weighted by atomic mass is 9.76. The van der Waals surface area contributed by atoms with Gasteiger partial charge in [-0.3, -0.25) is 0 Å². The van der Waals surface area contributed by atoms with Crippen molar-refractivity contribution in [3.63, 3.8) is 0 Å². The second-order valence-electron chi connectivity index (χ2n) is 8.68. The molecule has 0 aliphatic carbocycles. The van der Waals surface area contributed by atoms with E-state index in [0.29, 0.717) is 0 Å². The molecule has 0 spiro atoms. The molecule has 2 nitrogen and oxygen atoms in total. The molecule has 4 aromatic rings. The number of aromatic nitrogens is 2. The summed E-state index contributed by atoms with van der Waals surface area (Å²) in [4.78, 5) is 4.84. The quantitative estimate of drug-likeness (QED) is 0.316. The Balaban J connectivity index is 2.08. The van der Waals surface area contributed by atoms with Crippen molar-refractivity contribution in [3.05, 3.63) is 125 Å². The third-order valence-electron chi connectivity index (χ3n) is 6.31. The fourth-order valence-electron chi connectivity index (χ4n) is 4.35. The van der Waals surface area contributed by atoms with Gasteiger partial charge in [-0.1, -0.05) is 97.9 Å². The predicted octanol–water partition coefficient (Wildman–Crippen LogP) is 6.88. The average molecular weight is 413 g/mol. The Morgan fingerprint density at radius 3 is 1.48 bits per heavy atom. The van der Waals surface area contributed by atoms with E-state index in [4.69, 9.17) is 4.98 Å². The summed E-state index contributed by atoms with van der Waals surface area (Å²) in [5.41, 5.74) is 2.17. The highest BCUT2D eigenvalue weighted by Crippen LogP contribution is 2.42. The number of halogens is 1. The van der Waals surface area contributed by atoms with Crippen molar-refractivity contribution in [2.75, 3.05) is 0 Å². The van der Waals surface area contributed by atoms with E-state index < -0.39 is 11.2 Å². The molecule has 3 aromatic carbocycles. The third-order valence-corrected chi connectivity index (χ3v) is 6.31. The molecular weight excluding hydrogens is 383 g/mol. The van der Waals surface area contributed by atoms with Crippen LogP contribution in [0, 0.1) is 6.92 Å². The van der Waals surface area contributed by atoms with E-state index in [1.54, 1.807) is 13.8 Å². The van der Waals surface area contributed by atoms with Crippen molar-refractivity contribution in [1.82, 2.24) is 9.55 Å². The van der Waals surface area contributed by atoms with E-state index in [1.165, 1.54) is 0 Å². The minimum Gasteiger partial charge on any atom is -0.316 e. The SMILES string of the molecule is Cc1nc(C(C)C(C)(C)F)cn1C(c1ccccc1)(c1ccccc1)c1ccccc1. The summed E-state index contributed by atoms with van der Waals surface area (Å²) < 4.78 is 17.0. The van der Waals surface area contributed by atoms with Crippen LogP contribution in [0.15, 0.2) is 97.2 Å². The Morgan fingerprint density at radius 2 is 1.13 bits per heavy atom. The lowest BCUT2D eigenvalue weighted by Gasteiger charge is -2.38. The van der Waals surface area contributed by atoms with Crippen LogP contribution >= 0.6 is 0 Å². The number of aryl methyl sites for hydroxylation is 1. The summed E-state index contributed by atoms with van der Waals surface area (Å²) in [6.07, 6.45) is 2.04. The Bertz CT molecular complexity index is 1030. The van der Waals surface area contributed by atoms with Gasteiger partial charge in [-0.05, 0) is 37.5 Å². The van der Waals surface area contributed by atoms with Gasteiger partial charge in [0.15, 0.2) is 0 Å². The zero-order chi connectivity index (χ0) is 22.1. The number of hydrogen-bond donors (Lipinski definition) is 0. The van der Waals surface area contributed by atoms with Crippen LogP contribution in [-0.4, -0.2) is 15.2 Å². The van der Waals surface area contributed by atoms with Crippen LogP contribution < -0.4 is 0 Å². The molecule has 0 saturated heterocycles. The van der Waals surface area contributed by atoms with Crippen molar-refractivity contribution in [2.24, 2.45) is 0 Å². The van der Waals surface area contributed by atoms with Crippen LogP contribution in [0.3, 0.4) is 0 Å². The van der Waals surface area contributed by atoms with Crippen LogP contribution in [0.25, 0.3) is 0 Å². The molecule has 31 heavy (non-hydrogen) atoms. The minimum absolute atomic E-state index is 0.326. The normalized spacial score (nSPS) is 13.2. The molecule has 0 N–H and O–H groups in total. The number of alkyl halides is 1. The molecule has 1 unspecified atom stereocenters. The first-order valence-corrected chi connectivity index (χ1v) is 10.8. The highest BCUT2D eigenvalue weighted by Gasteiger charge is 2.40. The van der Waals surface area contributed by atoms with Gasteiger partial charge in [0.2, 0.25) is 0 Å². The van der Waals surface area contributed by atoms with Gasteiger partial charge in [-0.15, -0.1) is 0 Å². The van der Waals surface area contributed by atoms with E-state index in [1.807, 2.05) is 38.2 Å². The molecule has 0 radical (unpaired) electrons. The predicted molar refractivity (Wildman–Crippen MR) is 125 cm³/mol. The molecule has 0 saturated carbocycles. The van der Waals surface area contributed by atoms with Crippen molar-refractivity contribution in [3.8, 4) is 0 Å². The maximum atomic E-state index is 14.8. The number of hydrogen-bond acceptors (Lipinski definition) is 1. The lowest BCUT2D eigenvalue weighted by molar-refractivity contribution is 0.178. The zero-order valence-corrected chi connectivity index (χ0v) is 18.6. The molecular formula is C28H29FN2. The van der Waals surface area contributed by atoms with E-state index in [2.05, 4.69) is 77.4 Å². The van der Waals surface area contributed by atoms with Crippen molar-refractivity contribution in [2.45, 2.75) is 44.8 Å². The summed E-state index contributed by atoms with van der Waals surface area (Å²) >= 11 is 0. The highest BCUT2D eigenvalue weighted by molar-refractivity contribution is 5.51. The molecule has 158 valence electrons. The average Bonchev–Trinajstić information content (AvgIpc) is 3.17. The summed E-state index contributed by atoms with van der Waals surface area (Å²) in [6, 6.07) is 31.4. The van der Waals surface area contributed by atoms with Gasteiger partial charge in [0.05, 0.1) is 5.69 Å². The van der Waals surface area contributed by atoms with Crippen molar-refractivity contribution < 1.29 is 4.39 Å². The van der Waals surface area contributed by atoms with Gasteiger partial charge < -0.3 is 4.57 Å². The van der Waals surface area contributed by atoms with Crippen molar-refractivity contribution >= 4 is 0 Å². The summed E-state index contributed by atoms with van der Waals surface area (Å²) in [5, 5.41) is 0. The number of nitrogens with zero attached hydrogens (tertiary/aromatic N) is 2. The maximum Gasteiger partial charge on any atom is 0.121 e. The van der Waals surface area contributed by atoms with E-state index in [0.717, 1.165) is 28.2 Å². The molecule has 0 amide bonds. The third kappa shape index (κ3) is 3.69. The monoisotopic (exact) mass is 412 g/mol. The van der Waals surface area contributed by atoms with Gasteiger partial charge >= 0.3 is 0 Å². The van der Waals surface area contributed by atoms with Crippen molar-refractivity contribution in [1.29, 1.82) is 0 Å². The molecule has 0 aliphatic heterocycles. The standard InChI is InChI=1S/C28H29FN2/c1-21(27(3,4)29)26-20-31(22(2)30-26)28(23-14-8-5-9-15-23,24-16-10-6-11-17-24)25-18-12-7-13-19-25/h5-21H,1-4H3. The first-order chi connectivity index (χ1) is 14.8. The Labute approximate surface area is 184 Å². The topological polar surface area (TPSA) is 17.8 Å².